The van der Waals surface area contributed by atoms with Gasteiger partial charge in [0.2, 0.25) is 5.56 Å². The molecule has 5 heteroatoms. The predicted octanol–water partition coefficient (Wildman–Crippen LogP) is 2.74. The maximum Gasteiger partial charge on any atom is 0.257 e. The average Bonchev–Trinajstić information content (AvgIpc) is 2.42. The number of aromatic amines is 1. The quantitative estimate of drug-likeness (QED) is 0.843. The first-order chi connectivity index (χ1) is 9.20. The third kappa shape index (κ3) is 3.48. The largest absolute Gasteiger partial charge is 0.328 e. The van der Waals surface area contributed by atoms with E-state index < -0.39 is 0 Å². The van der Waals surface area contributed by atoms with E-state index >= 15 is 0 Å². The van der Waals surface area contributed by atoms with Crippen molar-refractivity contribution in [3.8, 4) is 0 Å². The Balaban J connectivity index is 2.19. The molecule has 0 bridgehead atoms. The summed E-state index contributed by atoms with van der Waals surface area (Å²) in [5, 5.41) is 2.85. The molecule has 98 valence electrons. The van der Waals surface area contributed by atoms with Gasteiger partial charge in [0, 0.05) is 17.2 Å². The van der Waals surface area contributed by atoms with Crippen molar-refractivity contribution in [2.45, 2.75) is 11.8 Å². The molecule has 19 heavy (non-hydrogen) atoms. The number of pyridine rings is 1. The number of anilines is 1. The summed E-state index contributed by atoms with van der Waals surface area (Å²) in [4.78, 5) is 26.5. The van der Waals surface area contributed by atoms with E-state index in [-0.39, 0.29) is 11.5 Å². The lowest BCUT2D eigenvalue weighted by Gasteiger charge is -2.09. The summed E-state index contributed by atoms with van der Waals surface area (Å²) in [7, 11) is 0. The molecule has 0 saturated heterocycles. The fourth-order valence-electron chi connectivity index (χ4n) is 1.60. The normalized spacial score (nSPS) is 10.2. The van der Waals surface area contributed by atoms with E-state index in [4.69, 9.17) is 0 Å². The van der Waals surface area contributed by atoms with E-state index in [0.29, 0.717) is 5.56 Å². The first kappa shape index (κ1) is 13.4. The van der Waals surface area contributed by atoms with Crippen LogP contribution in [-0.4, -0.2) is 16.6 Å². The molecule has 2 aromatic rings. The van der Waals surface area contributed by atoms with Gasteiger partial charge in [0.25, 0.3) is 5.91 Å². The van der Waals surface area contributed by atoms with E-state index in [1.165, 1.54) is 18.3 Å². The van der Waals surface area contributed by atoms with Gasteiger partial charge in [-0.25, -0.2) is 0 Å². The molecule has 0 unspecified atom stereocenters. The first-order valence-corrected chi connectivity index (χ1v) is 6.91. The Morgan fingerprint density at radius 3 is 2.74 bits per heavy atom. The van der Waals surface area contributed by atoms with E-state index in [0.717, 1.165) is 16.3 Å². The Labute approximate surface area is 115 Å². The number of hydrogen-bond donors (Lipinski definition) is 2. The highest BCUT2D eigenvalue weighted by atomic mass is 32.2. The summed E-state index contributed by atoms with van der Waals surface area (Å²) in [5.74, 6) is 0.700. The van der Waals surface area contributed by atoms with E-state index in [9.17, 15) is 9.59 Å². The van der Waals surface area contributed by atoms with Crippen LogP contribution in [0.2, 0.25) is 0 Å². The Morgan fingerprint density at radius 1 is 1.26 bits per heavy atom. The summed E-state index contributed by atoms with van der Waals surface area (Å²) >= 11 is 1.67. The van der Waals surface area contributed by atoms with Crippen molar-refractivity contribution in [3.63, 3.8) is 0 Å². The zero-order valence-electron chi connectivity index (χ0n) is 10.5. The van der Waals surface area contributed by atoms with Crippen LogP contribution in [0.1, 0.15) is 17.3 Å². The lowest BCUT2D eigenvalue weighted by atomic mass is 10.2. The van der Waals surface area contributed by atoms with Crippen LogP contribution in [0.3, 0.4) is 0 Å². The van der Waals surface area contributed by atoms with Crippen molar-refractivity contribution < 1.29 is 4.79 Å². The number of carbonyl (C=O) groups excluding carboxylic acids is 1. The van der Waals surface area contributed by atoms with Crippen molar-refractivity contribution in [2.24, 2.45) is 0 Å². The summed E-state index contributed by atoms with van der Waals surface area (Å²) < 4.78 is 0. The number of carbonyl (C=O) groups is 1. The molecule has 2 rings (SSSR count). The molecular formula is C14H14N2O2S. The van der Waals surface area contributed by atoms with Crippen molar-refractivity contribution in [3.05, 3.63) is 58.5 Å². The van der Waals surface area contributed by atoms with Gasteiger partial charge in [-0.3, -0.25) is 9.59 Å². The van der Waals surface area contributed by atoms with E-state index in [1.807, 2.05) is 24.3 Å². The predicted molar refractivity (Wildman–Crippen MR) is 77.9 cm³/mol. The van der Waals surface area contributed by atoms with Crippen LogP contribution in [0.25, 0.3) is 0 Å². The van der Waals surface area contributed by atoms with Crippen LogP contribution in [0.15, 0.2) is 52.3 Å². The summed E-state index contributed by atoms with van der Waals surface area (Å²) in [5.41, 5.74) is 0.986. The summed E-state index contributed by atoms with van der Waals surface area (Å²) in [6, 6.07) is 10.5. The molecule has 1 aromatic carbocycles. The number of aromatic nitrogens is 1. The molecule has 0 radical (unpaired) electrons. The van der Waals surface area contributed by atoms with Crippen LogP contribution in [0.5, 0.6) is 0 Å². The molecule has 0 aliphatic rings. The number of H-pyrrole nitrogens is 1. The van der Waals surface area contributed by atoms with Gasteiger partial charge in [-0.05, 0) is 24.0 Å². The zero-order chi connectivity index (χ0) is 13.7. The van der Waals surface area contributed by atoms with Crippen molar-refractivity contribution >= 4 is 23.4 Å². The highest BCUT2D eigenvalue weighted by Crippen LogP contribution is 2.26. The first-order valence-electron chi connectivity index (χ1n) is 5.92. The van der Waals surface area contributed by atoms with Crippen molar-refractivity contribution in [2.75, 3.05) is 11.1 Å². The SMILES string of the molecule is CCSc1ccccc1NC(=O)c1ccc(=O)[nH]c1. The minimum Gasteiger partial charge on any atom is -0.328 e. The molecular weight excluding hydrogens is 260 g/mol. The number of hydrogen-bond acceptors (Lipinski definition) is 3. The van der Waals surface area contributed by atoms with Gasteiger partial charge < -0.3 is 10.3 Å². The number of para-hydroxylation sites is 1. The maximum absolute atomic E-state index is 12.0. The summed E-state index contributed by atoms with van der Waals surface area (Å²) in [6.45, 7) is 2.06. The minimum atomic E-state index is -0.236. The fraction of sp³-hybridized carbons (Fsp3) is 0.143. The zero-order valence-corrected chi connectivity index (χ0v) is 11.3. The van der Waals surface area contributed by atoms with Gasteiger partial charge in [0.15, 0.2) is 0 Å². The van der Waals surface area contributed by atoms with Crippen LogP contribution in [0, 0.1) is 0 Å². The molecule has 0 saturated carbocycles. The van der Waals surface area contributed by atoms with Crippen LogP contribution >= 0.6 is 11.8 Å². The van der Waals surface area contributed by atoms with Gasteiger partial charge in [-0.2, -0.15) is 0 Å². The molecule has 1 amide bonds. The minimum absolute atomic E-state index is 0.224. The van der Waals surface area contributed by atoms with Crippen LogP contribution < -0.4 is 10.9 Å². The molecule has 4 nitrogen and oxygen atoms in total. The molecule has 0 spiro atoms. The highest BCUT2D eigenvalue weighted by molar-refractivity contribution is 7.99. The van der Waals surface area contributed by atoms with Crippen molar-refractivity contribution in [1.29, 1.82) is 0 Å². The lowest BCUT2D eigenvalue weighted by molar-refractivity contribution is 0.102. The number of amides is 1. The molecule has 0 fully saturated rings. The third-order valence-electron chi connectivity index (χ3n) is 2.48. The maximum atomic E-state index is 12.0. The molecule has 0 atom stereocenters. The highest BCUT2D eigenvalue weighted by Gasteiger charge is 2.08. The third-order valence-corrected chi connectivity index (χ3v) is 3.44. The molecule has 2 N–H and O–H groups in total. The second-order valence-corrected chi connectivity index (χ2v) is 5.13. The van der Waals surface area contributed by atoms with E-state index in [1.54, 1.807) is 11.8 Å². The van der Waals surface area contributed by atoms with Gasteiger partial charge in [0.05, 0.1) is 11.3 Å². The Morgan fingerprint density at radius 2 is 2.05 bits per heavy atom. The van der Waals surface area contributed by atoms with E-state index in [2.05, 4.69) is 17.2 Å². The number of benzene rings is 1. The fourth-order valence-corrected chi connectivity index (χ4v) is 2.36. The number of thioether (sulfide) groups is 1. The topological polar surface area (TPSA) is 62.0 Å². The summed E-state index contributed by atoms with van der Waals surface area (Å²) in [6.07, 6.45) is 1.41. The Kier molecular flexibility index (Phi) is 4.41. The molecule has 1 aromatic heterocycles. The van der Waals surface area contributed by atoms with Crippen LogP contribution in [0.4, 0.5) is 5.69 Å². The standard InChI is InChI=1S/C14H14N2O2S/c1-2-19-12-6-4-3-5-11(12)16-14(18)10-7-8-13(17)15-9-10/h3-9H,2H2,1H3,(H,15,17)(H,16,18). The Bertz CT molecular complexity index is 617. The average molecular weight is 274 g/mol. The van der Waals surface area contributed by atoms with Gasteiger partial charge >= 0.3 is 0 Å². The second-order valence-electron chi connectivity index (χ2n) is 3.82. The number of nitrogens with one attached hydrogen (secondary N) is 2. The van der Waals surface area contributed by atoms with Gasteiger partial charge in [0.1, 0.15) is 0 Å². The Hall–Kier alpha value is -2.01. The number of rotatable bonds is 4. The van der Waals surface area contributed by atoms with Crippen LogP contribution in [-0.2, 0) is 0 Å². The monoisotopic (exact) mass is 274 g/mol. The van der Waals surface area contributed by atoms with Crippen molar-refractivity contribution in [1.82, 2.24) is 4.98 Å². The molecule has 0 aliphatic heterocycles. The molecule has 0 aliphatic carbocycles. The lowest BCUT2D eigenvalue weighted by Crippen LogP contribution is -2.15. The van der Waals surface area contributed by atoms with Gasteiger partial charge in [-0.1, -0.05) is 19.1 Å². The molecule has 1 heterocycles. The van der Waals surface area contributed by atoms with Gasteiger partial charge in [-0.15, -0.1) is 11.8 Å². The smallest absolute Gasteiger partial charge is 0.257 e. The second kappa shape index (κ2) is 6.24.